The Morgan fingerprint density at radius 1 is 1.06 bits per heavy atom. The summed E-state index contributed by atoms with van der Waals surface area (Å²) in [6.07, 6.45) is 5.09. The van der Waals surface area contributed by atoms with Gasteiger partial charge in [0.15, 0.2) is 0 Å². The number of fused-ring (bicyclic) bond motifs is 1. The first-order valence-corrected chi connectivity index (χ1v) is 9.87. The highest BCUT2D eigenvalue weighted by atomic mass is 16.3. The van der Waals surface area contributed by atoms with E-state index >= 15 is 0 Å². The molecule has 1 aliphatic rings. The van der Waals surface area contributed by atoms with Gasteiger partial charge in [-0.25, -0.2) is 9.97 Å². The van der Waals surface area contributed by atoms with E-state index in [1.807, 2.05) is 35.1 Å². The molecule has 1 aliphatic carbocycles. The molecule has 150 valence electrons. The maximum atomic E-state index is 9.77. The fourth-order valence-electron chi connectivity index (χ4n) is 4.19. The molecule has 4 heterocycles. The summed E-state index contributed by atoms with van der Waals surface area (Å²) < 4.78 is 1.81. The molecule has 0 amide bonds. The summed E-state index contributed by atoms with van der Waals surface area (Å²) in [4.78, 5) is 13.4. The van der Waals surface area contributed by atoms with Crippen molar-refractivity contribution in [3.05, 3.63) is 54.9 Å². The Kier molecular flexibility index (Phi) is 4.34. The quantitative estimate of drug-likeness (QED) is 0.545. The van der Waals surface area contributed by atoms with Crippen LogP contribution in [0.3, 0.4) is 0 Å². The van der Waals surface area contributed by atoms with Crippen molar-refractivity contribution >= 4 is 10.9 Å². The van der Waals surface area contributed by atoms with Gasteiger partial charge in [0.25, 0.3) is 0 Å². The second-order valence-corrected chi connectivity index (χ2v) is 7.75. The third-order valence-corrected chi connectivity index (χ3v) is 5.76. The van der Waals surface area contributed by atoms with Crippen LogP contribution in [0.5, 0.6) is 5.88 Å². The minimum absolute atomic E-state index is 0.0516. The highest BCUT2D eigenvalue weighted by Crippen LogP contribution is 2.46. The summed E-state index contributed by atoms with van der Waals surface area (Å²) in [6, 6.07) is 17.0. The Morgan fingerprint density at radius 3 is 2.71 bits per heavy atom. The Hall–Kier alpha value is -4.30. The van der Waals surface area contributed by atoms with Crippen molar-refractivity contribution in [1.29, 1.82) is 10.5 Å². The van der Waals surface area contributed by atoms with E-state index in [0.717, 1.165) is 10.9 Å². The van der Waals surface area contributed by atoms with Gasteiger partial charge in [-0.05, 0) is 43.2 Å². The summed E-state index contributed by atoms with van der Waals surface area (Å²) in [5.41, 5.74) is 2.69. The summed E-state index contributed by atoms with van der Waals surface area (Å²) >= 11 is 0. The molecule has 0 aliphatic heterocycles. The minimum Gasteiger partial charge on any atom is -0.493 e. The average Bonchev–Trinajstić information content (AvgIpc) is 3.25. The maximum absolute atomic E-state index is 9.77. The van der Waals surface area contributed by atoms with Crippen LogP contribution in [-0.4, -0.2) is 29.8 Å². The Labute approximate surface area is 178 Å². The molecule has 5 rings (SSSR count). The Bertz CT molecular complexity index is 1370. The van der Waals surface area contributed by atoms with Crippen LogP contribution >= 0.6 is 0 Å². The molecule has 8 heteroatoms. The second-order valence-electron chi connectivity index (χ2n) is 7.75. The molecule has 0 atom stereocenters. The van der Waals surface area contributed by atoms with Gasteiger partial charge in [0, 0.05) is 23.8 Å². The predicted molar refractivity (Wildman–Crippen MR) is 112 cm³/mol. The predicted octanol–water partition coefficient (Wildman–Crippen LogP) is 3.80. The van der Waals surface area contributed by atoms with Crippen LogP contribution in [0.25, 0.3) is 33.7 Å². The first-order valence-electron chi connectivity index (χ1n) is 9.87. The smallest absolute Gasteiger partial charge is 0.211 e. The zero-order valence-corrected chi connectivity index (χ0v) is 16.5. The highest BCUT2D eigenvalue weighted by molar-refractivity contribution is 5.93. The molecule has 1 N–H and O–H groups in total. The lowest BCUT2D eigenvalue weighted by atomic mass is 9.67. The number of nitriles is 2. The molecular weight excluding hydrogens is 390 g/mol. The van der Waals surface area contributed by atoms with Crippen molar-refractivity contribution < 1.29 is 5.11 Å². The van der Waals surface area contributed by atoms with Gasteiger partial charge < -0.3 is 5.11 Å². The van der Waals surface area contributed by atoms with E-state index in [1.54, 1.807) is 18.3 Å². The summed E-state index contributed by atoms with van der Waals surface area (Å²) in [5, 5.41) is 33.9. The molecule has 0 radical (unpaired) electrons. The third-order valence-electron chi connectivity index (χ3n) is 5.76. The van der Waals surface area contributed by atoms with Crippen molar-refractivity contribution in [3.8, 4) is 40.8 Å². The first-order chi connectivity index (χ1) is 15.1. The maximum Gasteiger partial charge on any atom is 0.211 e. The van der Waals surface area contributed by atoms with Gasteiger partial charge in [-0.1, -0.05) is 6.07 Å². The van der Waals surface area contributed by atoms with E-state index in [2.05, 4.69) is 22.1 Å². The van der Waals surface area contributed by atoms with Crippen molar-refractivity contribution in [2.45, 2.75) is 24.8 Å². The van der Waals surface area contributed by atoms with E-state index in [4.69, 9.17) is 10.1 Å². The Balaban J connectivity index is 1.63. The van der Waals surface area contributed by atoms with E-state index < -0.39 is 5.54 Å². The van der Waals surface area contributed by atoms with Crippen LogP contribution in [0.2, 0.25) is 0 Å². The number of nitrogens with zero attached hydrogens (tertiary/aromatic N) is 7. The van der Waals surface area contributed by atoms with Gasteiger partial charge in [0.05, 0.1) is 46.9 Å². The summed E-state index contributed by atoms with van der Waals surface area (Å²) in [6.45, 7) is 0. The molecule has 0 saturated heterocycles. The van der Waals surface area contributed by atoms with Crippen LogP contribution in [0.1, 0.15) is 19.3 Å². The molecule has 0 spiro atoms. The van der Waals surface area contributed by atoms with Crippen molar-refractivity contribution in [2.75, 3.05) is 0 Å². The molecular formula is C23H17N7O. The normalized spacial score (nSPS) is 20.0. The number of hydrogen-bond acceptors (Lipinski definition) is 7. The van der Waals surface area contributed by atoms with Crippen molar-refractivity contribution in [2.24, 2.45) is 5.92 Å². The van der Waals surface area contributed by atoms with Gasteiger partial charge in [0.2, 0.25) is 5.88 Å². The van der Waals surface area contributed by atoms with Gasteiger partial charge in [-0.2, -0.15) is 15.6 Å². The SMILES string of the molecule is N#CC[C@]1(n2ccc(-c3nc(-c4cccc(O)n4)cc4ncccc34)n2)C[C@H](C#N)C1. The lowest BCUT2D eigenvalue weighted by molar-refractivity contribution is 0.0884. The monoisotopic (exact) mass is 407 g/mol. The first kappa shape index (κ1) is 18.7. The summed E-state index contributed by atoms with van der Waals surface area (Å²) in [5.74, 6) is -0.133. The number of hydrogen-bond donors (Lipinski definition) is 1. The van der Waals surface area contributed by atoms with Crippen LogP contribution in [0, 0.1) is 28.6 Å². The van der Waals surface area contributed by atoms with Crippen molar-refractivity contribution in [3.63, 3.8) is 0 Å². The third kappa shape index (κ3) is 3.15. The van der Waals surface area contributed by atoms with Crippen LogP contribution < -0.4 is 0 Å². The van der Waals surface area contributed by atoms with E-state index in [-0.39, 0.29) is 11.8 Å². The van der Waals surface area contributed by atoms with E-state index in [1.165, 1.54) is 6.07 Å². The molecule has 1 fully saturated rings. The topological polar surface area (TPSA) is 124 Å². The number of rotatable bonds is 4. The molecule has 8 nitrogen and oxygen atoms in total. The Morgan fingerprint density at radius 2 is 1.94 bits per heavy atom. The minimum atomic E-state index is -0.453. The van der Waals surface area contributed by atoms with Gasteiger partial charge in [0.1, 0.15) is 11.4 Å². The van der Waals surface area contributed by atoms with E-state index in [9.17, 15) is 15.6 Å². The molecule has 1 saturated carbocycles. The van der Waals surface area contributed by atoms with Crippen LogP contribution in [-0.2, 0) is 5.54 Å². The lowest BCUT2D eigenvalue weighted by Gasteiger charge is -2.43. The zero-order chi connectivity index (χ0) is 21.4. The van der Waals surface area contributed by atoms with E-state index in [0.29, 0.717) is 42.0 Å². The molecule has 0 unspecified atom stereocenters. The van der Waals surface area contributed by atoms with Gasteiger partial charge >= 0.3 is 0 Å². The number of pyridine rings is 3. The number of aromatic nitrogens is 5. The molecule has 4 aromatic rings. The van der Waals surface area contributed by atoms with Gasteiger partial charge in [-0.15, -0.1) is 0 Å². The molecule has 31 heavy (non-hydrogen) atoms. The van der Waals surface area contributed by atoms with Crippen LogP contribution in [0.15, 0.2) is 54.9 Å². The standard InChI is InChI=1S/C23H17N7O/c24-8-7-23(12-15(13-23)14-25)30-10-6-18(29-30)22-16-3-2-9-26-19(16)11-20(28-22)17-4-1-5-21(31)27-17/h1-6,9-11,15H,7,12-13H2,(H,27,31)/t15-,23-. The number of aromatic hydroxyl groups is 1. The molecule has 0 bridgehead atoms. The second kappa shape index (κ2) is 7.19. The van der Waals surface area contributed by atoms with Crippen molar-refractivity contribution in [1.82, 2.24) is 24.7 Å². The molecule has 4 aromatic heterocycles. The molecule has 0 aromatic carbocycles. The fourth-order valence-corrected chi connectivity index (χ4v) is 4.19. The van der Waals surface area contributed by atoms with Gasteiger partial charge in [-0.3, -0.25) is 9.67 Å². The summed E-state index contributed by atoms with van der Waals surface area (Å²) in [7, 11) is 0. The largest absolute Gasteiger partial charge is 0.493 e. The zero-order valence-electron chi connectivity index (χ0n) is 16.5. The average molecular weight is 407 g/mol. The fraction of sp³-hybridized carbons (Fsp3) is 0.217. The highest BCUT2D eigenvalue weighted by Gasteiger charge is 2.46. The van der Waals surface area contributed by atoms with Crippen LogP contribution in [0.4, 0.5) is 0 Å². The lowest BCUT2D eigenvalue weighted by Crippen LogP contribution is -2.46.